The predicted molar refractivity (Wildman–Crippen MR) is 79.5 cm³/mol. The van der Waals surface area contributed by atoms with Gasteiger partial charge in [0, 0.05) is 10.7 Å². The van der Waals surface area contributed by atoms with Crippen LogP contribution >= 0.6 is 11.6 Å². The number of hydrogen-bond donors (Lipinski definition) is 1. The molecule has 4 heteroatoms. The quantitative estimate of drug-likeness (QED) is 0.457. The SMILES string of the molecule is CCCCCCC(C)OC(=O)c1cc(Cl)ccc1N. The molecule has 0 aliphatic heterocycles. The summed E-state index contributed by atoms with van der Waals surface area (Å²) in [5, 5.41) is 0.483. The summed E-state index contributed by atoms with van der Waals surface area (Å²) in [6.45, 7) is 4.08. The van der Waals surface area contributed by atoms with E-state index in [1.54, 1.807) is 18.2 Å². The number of nitrogens with two attached hydrogens (primary N) is 1. The van der Waals surface area contributed by atoms with Crippen LogP contribution in [0.15, 0.2) is 18.2 Å². The molecule has 1 aromatic carbocycles. The molecule has 1 unspecified atom stereocenters. The number of unbranched alkanes of at least 4 members (excludes halogenated alkanes) is 3. The van der Waals surface area contributed by atoms with Gasteiger partial charge in [0.1, 0.15) is 0 Å². The molecule has 0 radical (unpaired) electrons. The molecule has 1 atom stereocenters. The molecule has 0 heterocycles. The fourth-order valence-electron chi connectivity index (χ4n) is 1.87. The van der Waals surface area contributed by atoms with Gasteiger partial charge in [0.2, 0.25) is 0 Å². The Morgan fingerprint density at radius 3 is 2.79 bits per heavy atom. The van der Waals surface area contributed by atoms with Crippen LogP contribution in [-0.4, -0.2) is 12.1 Å². The van der Waals surface area contributed by atoms with Crippen LogP contribution in [0.2, 0.25) is 5.02 Å². The van der Waals surface area contributed by atoms with E-state index in [-0.39, 0.29) is 6.10 Å². The lowest BCUT2D eigenvalue weighted by Gasteiger charge is -2.14. The first-order chi connectivity index (χ1) is 9.04. The number of ether oxygens (including phenoxy) is 1. The fourth-order valence-corrected chi connectivity index (χ4v) is 2.04. The minimum absolute atomic E-state index is 0.0947. The van der Waals surface area contributed by atoms with Gasteiger partial charge in [0.05, 0.1) is 11.7 Å². The zero-order valence-corrected chi connectivity index (χ0v) is 12.4. The second-order valence-corrected chi connectivity index (χ2v) is 5.23. The summed E-state index contributed by atoms with van der Waals surface area (Å²) in [6, 6.07) is 4.82. The first kappa shape index (κ1) is 15.8. The number of benzene rings is 1. The lowest BCUT2D eigenvalue weighted by Crippen LogP contribution is -2.16. The Labute approximate surface area is 120 Å². The largest absolute Gasteiger partial charge is 0.459 e. The fraction of sp³-hybridized carbons (Fsp3) is 0.533. The molecule has 0 aliphatic carbocycles. The van der Waals surface area contributed by atoms with Gasteiger partial charge in [-0.2, -0.15) is 0 Å². The summed E-state index contributed by atoms with van der Waals surface area (Å²) >= 11 is 5.85. The molecular formula is C15H22ClNO2. The maximum Gasteiger partial charge on any atom is 0.340 e. The first-order valence-corrected chi connectivity index (χ1v) is 7.18. The Bertz CT molecular complexity index is 421. The molecule has 0 amide bonds. The minimum atomic E-state index is -0.400. The third-order valence-electron chi connectivity index (χ3n) is 3.01. The molecule has 1 rings (SSSR count). The lowest BCUT2D eigenvalue weighted by atomic mass is 10.1. The molecule has 0 spiro atoms. The summed E-state index contributed by atoms with van der Waals surface area (Å²) in [5.74, 6) is -0.400. The highest BCUT2D eigenvalue weighted by molar-refractivity contribution is 6.31. The van der Waals surface area contributed by atoms with E-state index in [2.05, 4.69) is 6.92 Å². The average molecular weight is 284 g/mol. The molecular weight excluding hydrogens is 262 g/mol. The minimum Gasteiger partial charge on any atom is -0.459 e. The number of hydrogen-bond acceptors (Lipinski definition) is 3. The van der Waals surface area contributed by atoms with Crippen molar-refractivity contribution in [1.82, 2.24) is 0 Å². The van der Waals surface area contributed by atoms with Crippen LogP contribution in [0.25, 0.3) is 0 Å². The van der Waals surface area contributed by atoms with Gasteiger partial charge in [-0.05, 0) is 38.0 Å². The molecule has 106 valence electrons. The maximum absolute atomic E-state index is 12.0. The van der Waals surface area contributed by atoms with Crippen LogP contribution in [0.5, 0.6) is 0 Å². The standard InChI is InChI=1S/C15H22ClNO2/c1-3-4-5-6-7-11(2)19-15(18)13-10-12(16)8-9-14(13)17/h8-11H,3-7,17H2,1-2H3. The van der Waals surface area contributed by atoms with Crippen LogP contribution in [0, 0.1) is 0 Å². The van der Waals surface area contributed by atoms with Crippen molar-refractivity contribution >= 4 is 23.3 Å². The first-order valence-electron chi connectivity index (χ1n) is 6.80. The van der Waals surface area contributed by atoms with E-state index in [1.165, 1.54) is 19.3 Å². The van der Waals surface area contributed by atoms with E-state index in [4.69, 9.17) is 22.1 Å². The summed E-state index contributed by atoms with van der Waals surface area (Å²) in [4.78, 5) is 12.0. The Morgan fingerprint density at radius 2 is 2.11 bits per heavy atom. The molecule has 0 aliphatic rings. The molecule has 0 saturated heterocycles. The van der Waals surface area contributed by atoms with Crippen molar-refractivity contribution < 1.29 is 9.53 Å². The van der Waals surface area contributed by atoms with E-state index >= 15 is 0 Å². The Hall–Kier alpha value is -1.22. The van der Waals surface area contributed by atoms with Crippen molar-refractivity contribution in [2.75, 3.05) is 5.73 Å². The Morgan fingerprint density at radius 1 is 1.37 bits per heavy atom. The summed E-state index contributed by atoms with van der Waals surface area (Å²) in [6.07, 6.45) is 5.47. The lowest BCUT2D eigenvalue weighted by molar-refractivity contribution is 0.0320. The van der Waals surface area contributed by atoms with Crippen LogP contribution in [0.1, 0.15) is 56.3 Å². The number of carbonyl (C=O) groups excluding carboxylic acids is 1. The molecule has 1 aromatic rings. The zero-order valence-electron chi connectivity index (χ0n) is 11.6. The molecule has 2 N–H and O–H groups in total. The van der Waals surface area contributed by atoms with Gasteiger partial charge in [0.15, 0.2) is 0 Å². The van der Waals surface area contributed by atoms with E-state index in [9.17, 15) is 4.79 Å². The van der Waals surface area contributed by atoms with Crippen molar-refractivity contribution in [3.63, 3.8) is 0 Å². The molecule has 0 aromatic heterocycles. The highest BCUT2D eigenvalue weighted by Crippen LogP contribution is 2.20. The summed E-state index contributed by atoms with van der Waals surface area (Å²) in [5.41, 5.74) is 6.48. The second kappa shape index (κ2) is 8.05. The smallest absolute Gasteiger partial charge is 0.340 e. The van der Waals surface area contributed by atoms with Gasteiger partial charge < -0.3 is 10.5 Å². The molecule has 3 nitrogen and oxygen atoms in total. The van der Waals surface area contributed by atoms with E-state index in [1.807, 2.05) is 6.92 Å². The molecule has 0 saturated carbocycles. The summed E-state index contributed by atoms with van der Waals surface area (Å²) < 4.78 is 5.37. The van der Waals surface area contributed by atoms with Gasteiger partial charge in [-0.1, -0.05) is 37.8 Å². The predicted octanol–water partition coefficient (Wildman–Crippen LogP) is 4.44. The topological polar surface area (TPSA) is 52.3 Å². The Kier molecular flexibility index (Phi) is 6.71. The molecule has 19 heavy (non-hydrogen) atoms. The van der Waals surface area contributed by atoms with Crippen molar-refractivity contribution in [2.24, 2.45) is 0 Å². The van der Waals surface area contributed by atoms with Gasteiger partial charge in [-0.25, -0.2) is 4.79 Å². The van der Waals surface area contributed by atoms with Crippen molar-refractivity contribution in [3.8, 4) is 0 Å². The van der Waals surface area contributed by atoms with Crippen molar-refractivity contribution in [3.05, 3.63) is 28.8 Å². The van der Waals surface area contributed by atoms with Gasteiger partial charge in [-0.15, -0.1) is 0 Å². The average Bonchev–Trinajstić information content (AvgIpc) is 2.37. The number of anilines is 1. The zero-order chi connectivity index (χ0) is 14.3. The van der Waals surface area contributed by atoms with E-state index in [0.717, 1.165) is 12.8 Å². The van der Waals surface area contributed by atoms with Crippen LogP contribution < -0.4 is 5.73 Å². The monoisotopic (exact) mass is 283 g/mol. The van der Waals surface area contributed by atoms with Crippen molar-refractivity contribution in [1.29, 1.82) is 0 Å². The van der Waals surface area contributed by atoms with E-state index < -0.39 is 5.97 Å². The van der Waals surface area contributed by atoms with Crippen LogP contribution in [-0.2, 0) is 4.74 Å². The summed E-state index contributed by atoms with van der Waals surface area (Å²) in [7, 11) is 0. The number of rotatable bonds is 7. The molecule has 0 fully saturated rings. The highest BCUT2D eigenvalue weighted by atomic mass is 35.5. The van der Waals surface area contributed by atoms with Gasteiger partial charge in [0.25, 0.3) is 0 Å². The van der Waals surface area contributed by atoms with Gasteiger partial charge in [-0.3, -0.25) is 0 Å². The second-order valence-electron chi connectivity index (χ2n) is 4.80. The maximum atomic E-state index is 12.0. The number of halogens is 1. The van der Waals surface area contributed by atoms with Crippen molar-refractivity contribution in [2.45, 2.75) is 52.1 Å². The number of nitrogen functional groups attached to an aromatic ring is 1. The third kappa shape index (κ3) is 5.52. The molecule has 0 bridgehead atoms. The normalized spacial score (nSPS) is 12.2. The Balaban J connectivity index is 2.47. The van der Waals surface area contributed by atoms with Crippen LogP contribution in [0.3, 0.4) is 0 Å². The van der Waals surface area contributed by atoms with Crippen LogP contribution in [0.4, 0.5) is 5.69 Å². The number of carbonyl (C=O) groups is 1. The van der Waals surface area contributed by atoms with Gasteiger partial charge >= 0.3 is 5.97 Å². The number of esters is 1. The highest BCUT2D eigenvalue weighted by Gasteiger charge is 2.15. The third-order valence-corrected chi connectivity index (χ3v) is 3.24. The van der Waals surface area contributed by atoms with E-state index in [0.29, 0.717) is 16.3 Å².